The number of aromatic nitrogens is 1. The Kier molecular flexibility index (Phi) is 5.11. The lowest BCUT2D eigenvalue weighted by Gasteiger charge is -2.26. The second-order valence-electron chi connectivity index (χ2n) is 6.21. The van der Waals surface area contributed by atoms with Crippen molar-refractivity contribution < 1.29 is 14.6 Å². The van der Waals surface area contributed by atoms with Crippen LogP contribution in [-0.4, -0.2) is 33.0 Å². The number of pyridine rings is 1. The molecule has 0 radical (unpaired) electrons. The fraction of sp³-hybridized carbons (Fsp3) is 0.368. The largest absolute Gasteiger partial charge is 0.489 e. The van der Waals surface area contributed by atoms with Gasteiger partial charge in [0, 0.05) is 30.5 Å². The van der Waals surface area contributed by atoms with Crippen molar-refractivity contribution in [1.29, 1.82) is 0 Å². The van der Waals surface area contributed by atoms with Crippen LogP contribution in [0.15, 0.2) is 48.8 Å². The van der Waals surface area contributed by atoms with Crippen LogP contribution in [0.25, 0.3) is 0 Å². The summed E-state index contributed by atoms with van der Waals surface area (Å²) in [6.07, 6.45) is 5.70. The maximum atomic E-state index is 11.3. The van der Waals surface area contributed by atoms with Crippen LogP contribution in [0.5, 0.6) is 5.75 Å². The van der Waals surface area contributed by atoms with Crippen LogP contribution in [0, 0.1) is 0 Å². The molecule has 1 N–H and O–H groups in total. The lowest BCUT2D eigenvalue weighted by Crippen LogP contribution is -2.39. The molecule has 1 fully saturated rings. The number of carboxylic acid groups (broad SMARTS) is 1. The Morgan fingerprint density at radius 1 is 1.29 bits per heavy atom. The molecule has 5 nitrogen and oxygen atoms in total. The van der Waals surface area contributed by atoms with Gasteiger partial charge >= 0.3 is 5.97 Å². The molecular formula is C19H22N2O3. The summed E-state index contributed by atoms with van der Waals surface area (Å²) in [5.74, 6) is 0.0326. The number of carbonyl (C=O) groups is 1. The fourth-order valence-corrected chi connectivity index (χ4v) is 2.68. The summed E-state index contributed by atoms with van der Waals surface area (Å²) < 4.78 is 5.75. The molecule has 1 aromatic carbocycles. The Morgan fingerprint density at radius 2 is 2.04 bits per heavy atom. The highest BCUT2D eigenvalue weighted by atomic mass is 16.5. The molecule has 1 atom stereocenters. The van der Waals surface area contributed by atoms with Crippen molar-refractivity contribution in [3.63, 3.8) is 0 Å². The lowest BCUT2D eigenvalue weighted by molar-refractivity contribution is -0.143. The molecule has 3 rings (SSSR count). The van der Waals surface area contributed by atoms with E-state index in [1.54, 1.807) is 19.3 Å². The van der Waals surface area contributed by atoms with E-state index in [1.165, 1.54) is 0 Å². The quantitative estimate of drug-likeness (QED) is 0.807. The van der Waals surface area contributed by atoms with Crippen LogP contribution in [0.2, 0.25) is 0 Å². The molecule has 0 bridgehead atoms. The van der Waals surface area contributed by atoms with Crippen molar-refractivity contribution in [1.82, 2.24) is 9.88 Å². The van der Waals surface area contributed by atoms with Gasteiger partial charge in [-0.3, -0.25) is 14.7 Å². The number of carboxylic acids is 1. The van der Waals surface area contributed by atoms with E-state index in [2.05, 4.69) is 9.88 Å². The van der Waals surface area contributed by atoms with Crippen molar-refractivity contribution in [2.24, 2.45) is 0 Å². The molecule has 2 aromatic rings. The zero-order chi connectivity index (χ0) is 16.9. The van der Waals surface area contributed by atoms with Gasteiger partial charge in [0.25, 0.3) is 0 Å². The van der Waals surface area contributed by atoms with E-state index >= 15 is 0 Å². The van der Waals surface area contributed by atoms with Crippen LogP contribution in [0.1, 0.15) is 30.9 Å². The van der Waals surface area contributed by atoms with Gasteiger partial charge in [-0.1, -0.05) is 18.2 Å². The van der Waals surface area contributed by atoms with E-state index in [-0.39, 0.29) is 0 Å². The lowest BCUT2D eigenvalue weighted by atomic mass is 10.1. The SMILES string of the molecule is CC(C(=O)O)N(Cc1ccc(OCc2cccnc2)cc1)C1CC1. The molecule has 24 heavy (non-hydrogen) atoms. The smallest absolute Gasteiger partial charge is 0.320 e. The van der Waals surface area contributed by atoms with Gasteiger partial charge in [0.1, 0.15) is 18.4 Å². The molecule has 5 heteroatoms. The highest BCUT2D eigenvalue weighted by molar-refractivity contribution is 5.73. The maximum Gasteiger partial charge on any atom is 0.320 e. The van der Waals surface area contributed by atoms with Gasteiger partial charge < -0.3 is 9.84 Å². The minimum absolute atomic E-state index is 0.401. The molecule has 1 saturated carbocycles. The van der Waals surface area contributed by atoms with Crippen LogP contribution >= 0.6 is 0 Å². The van der Waals surface area contributed by atoms with Gasteiger partial charge in [0.05, 0.1) is 0 Å². The van der Waals surface area contributed by atoms with Gasteiger partial charge in [0.15, 0.2) is 0 Å². The van der Waals surface area contributed by atoms with E-state index in [0.29, 0.717) is 19.2 Å². The third kappa shape index (κ3) is 4.32. The van der Waals surface area contributed by atoms with E-state index in [0.717, 1.165) is 29.7 Å². The molecule has 1 aliphatic rings. The van der Waals surface area contributed by atoms with E-state index in [4.69, 9.17) is 4.74 Å². The van der Waals surface area contributed by atoms with Gasteiger partial charge in [-0.25, -0.2) is 0 Å². The molecule has 1 aromatic heterocycles. The number of hydrogen-bond acceptors (Lipinski definition) is 4. The number of ether oxygens (including phenoxy) is 1. The minimum atomic E-state index is -0.765. The summed E-state index contributed by atoms with van der Waals surface area (Å²) in [6, 6.07) is 11.7. The second kappa shape index (κ2) is 7.45. The van der Waals surface area contributed by atoms with Gasteiger partial charge in [-0.05, 0) is 43.5 Å². The summed E-state index contributed by atoms with van der Waals surface area (Å²) in [4.78, 5) is 17.4. The third-order valence-electron chi connectivity index (χ3n) is 4.29. The highest BCUT2D eigenvalue weighted by Gasteiger charge is 2.34. The van der Waals surface area contributed by atoms with E-state index in [9.17, 15) is 9.90 Å². The molecule has 1 aliphatic carbocycles. The molecule has 1 heterocycles. The third-order valence-corrected chi connectivity index (χ3v) is 4.29. The van der Waals surface area contributed by atoms with Crippen LogP contribution in [0.4, 0.5) is 0 Å². The summed E-state index contributed by atoms with van der Waals surface area (Å²) in [6.45, 7) is 2.89. The Labute approximate surface area is 141 Å². The summed E-state index contributed by atoms with van der Waals surface area (Å²) in [5.41, 5.74) is 2.13. The summed E-state index contributed by atoms with van der Waals surface area (Å²) >= 11 is 0. The molecule has 0 aliphatic heterocycles. The maximum absolute atomic E-state index is 11.3. The predicted octanol–water partition coefficient (Wildman–Crippen LogP) is 3.10. The highest BCUT2D eigenvalue weighted by Crippen LogP contribution is 2.30. The van der Waals surface area contributed by atoms with Crippen LogP contribution < -0.4 is 4.74 Å². The second-order valence-corrected chi connectivity index (χ2v) is 6.21. The average Bonchev–Trinajstić information content (AvgIpc) is 3.44. The number of rotatable bonds is 8. The van der Waals surface area contributed by atoms with Crippen molar-refractivity contribution in [3.8, 4) is 5.75 Å². The van der Waals surface area contributed by atoms with Crippen LogP contribution in [0.3, 0.4) is 0 Å². The first-order valence-electron chi connectivity index (χ1n) is 8.22. The predicted molar refractivity (Wildman–Crippen MR) is 90.7 cm³/mol. The first kappa shape index (κ1) is 16.5. The normalized spacial score (nSPS) is 15.2. The molecule has 0 spiro atoms. The number of aliphatic carboxylic acids is 1. The Bertz CT molecular complexity index is 669. The van der Waals surface area contributed by atoms with E-state index < -0.39 is 12.0 Å². The van der Waals surface area contributed by atoms with Crippen molar-refractivity contribution in [3.05, 3.63) is 59.9 Å². The number of nitrogens with zero attached hydrogens (tertiary/aromatic N) is 2. The van der Waals surface area contributed by atoms with E-state index in [1.807, 2.05) is 36.4 Å². The molecule has 126 valence electrons. The van der Waals surface area contributed by atoms with Crippen molar-refractivity contribution >= 4 is 5.97 Å². The number of hydrogen-bond donors (Lipinski definition) is 1. The Hall–Kier alpha value is -2.40. The topological polar surface area (TPSA) is 62.7 Å². The Morgan fingerprint density at radius 3 is 2.62 bits per heavy atom. The van der Waals surface area contributed by atoms with Gasteiger partial charge in [-0.2, -0.15) is 0 Å². The molecular weight excluding hydrogens is 304 g/mol. The minimum Gasteiger partial charge on any atom is -0.489 e. The summed E-state index contributed by atoms with van der Waals surface area (Å²) in [7, 11) is 0. The van der Waals surface area contributed by atoms with Gasteiger partial charge in [0.2, 0.25) is 0 Å². The fourth-order valence-electron chi connectivity index (χ4n) is 2.68. The number of benzene rings is 1. The van der Waals surface area contributed by atoms with Crippen molar-refractivity contribution in [2.75, 3.05) is 0 Å². The monoisotopic (exact) mass is 326 g/mol. The average molecular weight is 326 g/mol. The zero-order valence-electron chi connectivity index (χ0n) is 13.8. The molecule has 0 amide bonds. The standard InChI is InChI=1S/C19H22N2O3/c1-14(19(22)23)21(17-6-7-17)12-15-4-8-18(9-5-15)24-13-16-3-2-10-20-11-16/h2-5,8-11,14,17H,6-7,12-13H2,1H3,(H,22,23). The molecule has 1 unspecified atom stereocenters. The first-order valence-corrected chi connectivity index (χ1v) is 8.22. The first-order chi connectivity index (χ1) is 11.6. The molecule has 0 saturated heterocycles. The van der Waals surface area contributed by atoms with Gasteiger partial charge in [-0.15, -0.1) is 0 Å². The summed E-state index contributed by atoms with van der Waals surface area (Å²) in [5, 5.41) is 9.26. The Balaban J connectivity index is 1.58. The van der Waals surface area contributed by atoms with Crippen LogP contribution in [-0.2, 0) is 17.9 Å². The zero-order valence-corrected chi connectivity index (χ0v) is 13.8. The van der Waals surface area contributed by atoms with Crippen molar-refractivity contribution in [2.45, 2.75) is 45.0 Å².